The number of carbonyl (C=O) groups excluding carboxylic acids is 1. The second kappa shape index (κ2) is 6.78. The van der Waals surface area contributed by atoms with E-state index in [1.165, 1.54) is 19.2 Å². The Kier molecular flexibility index (Phi) is 5.22. The largest absolute Gasteiger partial charge is 0.438 e. The molecule has 1 aliphatic heterocycles. The van der Waals surface area contributed by atoms with E-state index in [9.17, 15) is 18.3 Å². The topological polar surface area (TPSA) is 103 Å². The first-order chi connectivity index (χ1) is 10.3. The number of amides is 1. The summed E-state index contributed by atoms with van der Waals surface area (Å²) in [6, 6.07) is 2.64. The highest BCUT2D eigenvalue weighted by atomic mass is 32.2. The van der Waals surface area contributed by atoms with Crippen LogP contribution in [0.15, 0.2) is 21.6 Å². The van der Waals surface area contributed by atoms with Gasteiger partial charge in [-0.1, -0.05) is 0 Å². The first-order valence-corrected chi connectivity index (χ1v) is 8.55. The molecule has 2 rings (SSSR count). The number of aliphatic hydroxyl groups is 1. The molecule has 8 nitrogen and oxygen atoms in total. The van der Waals surface area contributed by atoms with Crippen LogP contribution >= 0.6 is 0 Å². The number of hydrogen-bond donors (Lipinski definition) is 2. The van der Waals surface area contributed by atoms with Crippen molar-refractivity contribution < 1.29 is 22.7 Å². The van der Waals surface area contributed by atoms with Crippen LogP contribution in [-0.2, 0) is 10.0 Å². The van der Waals surface area contributed by atoms with Gasteiger partial charge in [0.15, 0.2) is 5.76 Å². The van der Waals surface area contributed by atoms with Crippen molar-refractivity contribution in [1.82, 2.24) is 14.5 Å². The van der Waals surface area contributed by atoms with Crippen molar-refractivity contribution in [3.63, 3.8) is 0 Å². The summed E-state index contributed by atoms with van der Waals surface area (Å²) < 4.78 is 30.5. The van der Waals surface area contributed by atoms with E-state index in [0.29, 0.717) is 32.7 Å². The molecular weight excluding hydrogens is 310 g/mol. The number of aliphatic hydroxyl groups excluding tert-OH is 1. The third-order valence-corrected chi connectivity index (χ3v) is 4.79. The van der Waals surface area contributed by atoms with Gasteiger partial charge < -0.3 is 14.4 Å². The molecule has 0 spiro atoms. The number of nitrogens with zero attached hydrogens (tertiary/aromatic N) is 2. The smallest absolute Gasteiger partial charge is 0.289 e. The van der Waals surface area contributed by atoms with Gasteiger partial charge in [0.05, 0.1) is 6.10 Å². The average Bonchev–Trinajstić information content (AvgIpc) is 2.97. The molecule has 0 saturated carbocycles. The molecule has 1 amide bonds. The summed E-state index contributed by atoms with van der Waals surface area (Å²) in [5.74, 6) is -0.313. The Hall–Kier alpha value is -1.42. The van der Waals surface area contributed by atoms with Crippen LogP contribution in [0.25, 0.3) is 0 Å². The van der Waals surface area contributed by atoms with E-state index in [2.05, 4.69) is 9.62 Å². The van der Waals surface area contributed by atoms with Gasteiger partial charge in [-0.2, -0.15) is 0 Å². The summed E-state index contributed by atoms with van der Waals surface area (Å²) in [7, 11) is -2.41. The van der Waals surface area contributed by atoms with Crippen LogP contribution in [0.4, 0.5) is 0 Å². The van der Waals surface area contributed by atoms with E-state index in [1.54, 1.807) is 11.8 Å². The highest BCUT2D eigenvalue weighted by molar-refractivity contribution is 7.89. The maximum atomic E-state index is 12.3. The van der Waals surface area contributed by atoms with E-state index < -0.39 is 16.1 Å². The summed E-state index contributed by atoms with van der Waals surface area (Å²) >= 11 is 0. The standard InChI is InChI=1S/C13H21N3O5S/c1-10(17)9-15-5-7-16(8-6-15)13(18)11-3-4-12(21-11)22(19,20)14-2/h3-4,10,14,17H,5-9H2,1-2H3/t10-/m0/s1. The molecule has 22 heavy (non-hydrogen) atoms. The summed E-state index contributed by atoms with van der Waals surface area (Å²) in [5, 5.41) is 9.09. The average molecular weight is 331 g/mol. The molecule has 124 valence electrons. The summed E-state index contributed by atoms with van der Waals surface area (Å²) in [5.41, 5.74) is 0. The SMILES string of the molecule is CNS(=O)(=O)c1ccc(C(=O)N2CCN(C[C@H](C)O)CC2)o1. The maximum Gasteiger partial charge on any atom is 0.289 e. The lowest BCUT2D eigenvalue weighted by Gasteiger charge is -2.34. The Morgan fingerprint density at radius 3 is 2.55 bits per heavy atom. The number of sulfonamides is 1. The van der Waals surface area contributed by atoms with Gasteiger partial charge in [0, 0.05) is 32.7 Å². The summed E-state index contributed by atoms with van der Waals surface area (Å²) in [4.78, 5) is 16.0. The number of rotatable bonds is 5. The minimum Gasteiger partial charge on any atom is -0.438 e. The normalized spacial score (nSPS) is 18.4. The van der Waals surface area contributed by atoms with Gasteiger partial charge in [0.2, 0.25) is 5.09 Å². The fourth-order valence-corrected chi connectivity index (χ4v) is 2.99. The molecule has 1 aromatic rings. The Bertz CT molecular complexity index is 617. The van der Waals surface area contributed by atoms with E-state index in [0.717, 1.165) is 0 Å². The van der Waals surface area contributed by atoms with E-state index in [4.69, 9.17) is 4.42 Å². The predicted molar refractivity (Wildman–Crippen MR) is 79.0 cm³/mol. The van der Waals surface area contributed by atoms with Gasteiger partial charge in [-0.05, 0) is 26.1 Å². The van der Waals surface area contributed by atoms with Crippen molar-refractivity contribution >= 4 is 15.9 Å². The highest BCUT2D eigenvalue weighted by Gasteiger charge is 2.26. The number of β-amino-alcohol motifs (C(OH)–C–C–N with tert-alkyl or cyclic N) is 1. The van der Waals surface area contributed by atoms with Crippen LogP contribution in [0, 0.1) is 0 Å². The van der Waals surface area contributed by atoms with Crippen LogP contribution < -0.4 is 4.72 Å². The number of furan rings is 1. The zero-order chi connectivity index (χ0) is 16.3. The lowest BCUT2D eigenvalue weighted by atomic mass is 10.2. The molecule has 1 aromatic heterocycles. The van der Waals surface area contributed by atoms with Crippen LogP contribution in [0.5, 0.6) is 0 Å². The zero-order valence-corrected chi connectivity index (χ0v) is 13.5. The minimum atomic E-state index is -3.69. The van der Waals surface area contributed by atoms with Crippen molar-refractivity contribution in [2.75, 3.05) is 39.8 Å². The van der Waals surface area contributed by atoms with E-state index >= 15 is 0 Å². The number of piperazine rings is 1. The van der Waals surface area contributed by atoms with Gasteiger partial charge in [0.1, 0.15) is 0 Å². The first kappa shape index (κ1) is 16.9. The molecule has 1 saturated heterocycles. The van der Waals surface area contributed by atoms with Crippen molar-refractivity contribution in [3.05, 3.63) is 17.9 Å². The Labute approximate surface area is 129 Å². The molecule has 1 fully saturated rings. The van der Waals surface area contributed by atoms with E-state index in [-0.39, 0.29) is 16.8 Å². The molecule has 2 N–H and O–H groups in total. The maximum absolute atomic E-state index is 12.3. The lowest BCUT2D eigenvalue weighted by molar-refractivity contribution is 0.0523. The third kappa shape index (κ3) is 3.86. The van der Waals surface area contributed by atoms with Crippen molar-refractivity contribution in [1.29, 1.82) is 0 Å². The molecule has 0 bridgehead atoms. The van der Waals surface area contributed by atoms with Crippen LogP contribution in [0.2, 0.25) is 0 Å². The monoisotopic (exact) mass is 331 g/mol. The quantitative estimate of drug-likeness (QED) is 0.741. The van der Waals surface area contributed by atoms with Crippen molar-refractivity contribution in [2.24, 2.45) is 0 Å². The molecule has 1 aliphatic rings. The molecule has 1 atom stereocenters. The highest BCUT2D eigenvalue weighted by Crippen LogP contribution is 2.16. The summed E-state index contributed by atoms with van der Waals surface area (Å²) in [6.07, 6.45) is -0.401. The second-order valence-electron chi connectivity index (χ2n) is 5.27. The van der Waals surface area contributed by atoms with Gasteiger partial charge in [-0.25, -0.2) is 13.1 Å². The van der Waals surface area contributed by atoms with Crippen molar-refractivity contribution in [2.45, 2.75) is 18.1 Å². The zero-order valence-electron chi connectivity index (χ0n) is 12.7. The van der Waals surface area contributed by atoms with E-state index in [1.807, 2.05) is 0 Å². The fourth-order valence-electron chi connectivity index (χ4n) is 2.34. The first-order valence-electron chi connectivity index (χ1n) is 7.06. The Morgan fingerprint density at radius 1 is 1.36 bits per heavy atom. The fraction of sp³-hybridized carbons (Fsp3) is 0.615. The molecular formula is C13H21N3O5S. The Morgan fingerprint density at radius 2 is 2.00 bits per heavy atom. The molecule has 2 heterocycles. The number of carbonyl (C=O) groups is 1. The summed E-state index contributed by atoms with van der Waals surface area (Å²) in [6.45, 7) is 4.66. The van der Waals surface area contributed by atoms with Crippen LogP contribution in [0.3, 0.4) is 0 Å². The second-order valence-corrected chi connectivity index (χ2v) is 7.09. The van der Waals surface area contributed by atoms with Gasteiger partial charge in [-0.3, -0.25) is 9.69 Å². The van der Waals surface area contributed by atoms with Crippen molar-refractivity contribution in [3.8, 4) is 0 Å². The van der Waals surface area contributed by atoms with Gasteiger partial charge in [0.25, 0.3) is 15.9 Å². The molecule has 0 aromatic carbocycles. The molecule has 0 unspecified atom stereocenters. The Balaban J connectivity index is 1.99. The lowest BCUT2D eigenvalue weighted by Crippen LogP contribution is -2.50. The number of hydrogen-bond acceptors (Lipinski definition) is 6. The minimum absolute atomic E-state index is 0.0119. The molecule has 9 heteroatoms. The molecule has 0 radical (unpaired) electrons. The predicted octanol–water partition coefficient (Wildman–Crippen LogP) is -0.674. The van der Waals surface area contributed by atoms with Crippen LogP contribution in [0.1, 0.15) is 17.5 Å². The van der Waals surface area contributed by atoms with Gasteiger partial charge >= 0.3 is 0 Å². The molecule has 0 aliphatic carbocycles. The van der Waals surface area contributed by atoms with Gasteiger partial charge in [-0.15, -0.1) is 0 Å². The van der Waals surface area contributed by atoms with Crippen LogP contribution in [-0.4, -0.2) is 75.1 Å². The third-order valence-electron chi connectivity index (χ3n) is 3.51. The number of nitrogens with one attached hydrogen (secondary N) is 1.